The maximum absolute atomic E-state index is 14.0. The average Bonchev–Trinajstić information content (AvgIpc) is 2.67. The maximum Gasteiger partial charge on any atom is 0.328 e. The number of carbonyl (C=O) groups excluding carboxylic acids is 2. The summed E-state index contributed by atoms with van der Waals surface area (Å²) in [6, 6.07) is 5.33. The Kier molecular flexibility index (Phi) is 6.24. The fourth-order valence-corrected chi connectivity index (χ4v) is 3.41. The molecule has 0 fully saturated rings. The molecule has 0 radical (unpaired) electrons. The van der Waals surface area contributed by atoms with Gasteiger partial charge in [0.05, 0.1) is 12.0 Å². The number of hydrogen-bond donors (Lipinski definition) is 2. The molecular weight excluding hydrogens is 382 g/mol. The standard InChI is InChI=1S/C17H16F2N2O5S/c1-20-16(22)10-3-6-12(7-4-10)27(24,25)21-15(17(23)26-2)13-9-11(18)5-8-14(13)19/h3-9,15,21H,1-2H3,(H,20,22). The summed E-state index contributed by atoms with van der Waals surface area (Å²) in [6.07, 6.45) is 0. The predicted molar refractivity (Wildman–Crippen MR) is 91.3 cm³/mol. The Balaban J connectivity index is 2.40. The quantitative estimate of drug-likeness (QED) is 0.719. The third-order valence-corrected chi connectivity index (χ3v) is 5.07. The van der Waals surface area contributed by atoms with E-state index in [-0.39, 0.29) is 10.5 Å². The second-order valence-corrected chi connectivity index (χ2v) is 7.06. The lowest BCUT2D eigenvalue weighted by Gasteiger charge is -2.18. The van der Waals surface area contributed by atoms with Gasteiger partial charge in [-0.3, -0.25) is 4.79 Å². The van der Waals surface area contributed by atoms with E-state index >= 15 is 0 Å². The molecule has 0 aromatic heterocycles. The lowest BCUT2D eigenvalue weighted by molar-refractivity contribution is -0.142. The molecule has 0 aliphatic heterocycles. The van der Waals surface area contributed by atoms with E-state index in [4.69, 9.17) is 0 Å². The van der Waals surface area contributed by atoms with E-state index in [1.54, 1.807) is 0 Å². The van der Waals surface area contributed by atoms with Gasteiger partial charge < -0.3 is 10.1 Å². The van der Waals surface area contributed by atoms with Gasteiger partial charge in [-0.1, -0.05) is 0 Å². The molecule has 27 heavy (non-hydrogen) atoms. The molecule has 0 heterocycles. The van der Waals surface area contributed by atoms with Crippen molar-refractivity contribution in [1.82, 2.24) is 10.0 Å². The van der Waals surface area contributed by atoms with E-state index in [1.807, 2.05) is 4.72 Å². The van der Waals surface area contributed by atoms with Gasteiger partial charge in [0.1, 0.15) is 17.7 Å². The van der Waals surface area contributed by atoms with Gasteiger partial charge in [0.25, 0.3) is 5.91 Å². The number of hydrogen-bond acceptors (Lipinski definition) is 5. The second-order valence-electron chi connectivity index (χ2n) is 5.35. The van der Waals surface area contributed by atoms with Gasteiger partial charge in [0, 0.05) is 18.2 Å². The van der Waals surface area contributed by atoms with E-state index < -0.39 is 45.1 Å². The first kappa shape index (κ1) is 20.5. The van der Waals surface area contributed by atoms with Gasteiger partial charge >= 0.3 is 5.97 Å². The molecule has 7 nitrogen and oxygen atoms in total. The predicted octanol–water partition coefficient (Wildman–Crippen LogP) is 1.52. The molecule has 0 saturated carbocycles. The summed E-state index contributed by atoms with van der Waals surface area (Å²) < 4.78 is 59.1. The topological polar surface area (TPSA) is 102 Å². The van der Waals surface area contributed by atoms with Gasteiger partial charge in [0.15, 0.2) is 0 Å². The summed E-state index contributed by atoms with van der Waals surface area (Å²) in [6.45, 7) is 0. The molecule has 0 saturated heterocycles. The van der Waals surface area contributed by atoms with Crippen LogP contribution < -0.4 is 10.0 Å². The Morgan fingerprint density at radius 2 is 1.70 bits per heavy atom. The van der Waals surface area contributed by atoms with Crippen LogP contribution in [0, 0.1) is 11.6 Å². The fourth-order valence-electron chi connectivity index (χ4n) is 2.25. The van der Waals surface area contributed by atoms with Crippen molar-refractivity contribution in [3.05, 3.63) is 65.2 Å². The minimum absolute atomic E-state index is 0.220. The highest BCUT2D eigenvalue weighted by Crippen LogP contribution is 2.22. The highest BCUT2D eigenvalue weighted by atomic mass is 32.2. The highest BCUT2D eigenvalue weighted by molar-refractivity contribution is 7.89. The van der Waals surface area contributed by atoms with Gasteiger partial charge in [0.2, 0.25) is 10.0 Å². The van der Waals surface area contributed by atoms with Crippen molar-refractivity contribution < 1.29 is 31.5 Å². The number of carbonyl (C=O) groups is 2. The minimum atomic E-state index is -4.31. The van der Waals surface area contributed by atoms with Crippen LogP contribution >= 0.6 is 0 Å². The van der Waals surface area contributed by atoms with Crippen LogP contribution in [0.25, 0.3) is 0 Å². The first-order valence-corrected chi connectivity index (χ1v) is 9.05. The van der Waals surface area contributed by atoms with Gasteiger partial charge in [-0.05, 0) is 42.5 Å². The van der Waals surface area contributed by atoms with Crippen molar-refractivity contribution in [2.24, 2.45) is 0 Å². The highest BCUT2D eigenvalue weighted by Gasteiger charge is 2.30. The maximum atomic E-state index is 14.0. The number of ether oxygens (including phenoxy) is 1. The zero-order chi connectivity index (χ0) is 20.2. The normalized spacial score (nSPS) is 12.3. The summed E-state index contributed by atoms with van der Waals surface area (Å²) >= 11 is 0. The van der Waals surface area contributed by atoms with E-state index in [0.29, 0.717) is 6.07 Å². The molecule has 2 aromatic carbocycles. The summed E-state index contributed by atoms with van der Waals surface area (Å²) in [5.41, 5.74) is -0.301. The zero-order valence-corrected chi connectivity index (χ0v) is 15.1. The van der Waals surface area contributed by atoms with Crippen molar-refractivity contribution in [2.75, 3.05) is 14.2 Å². The molecule has 1 atom stereocenters. The Bertz CT molecular complexity index is 962. The van der Waals surface area contributed by atoms with Crippen molar-refractivity contribution in [3.63, 3.8) is 0 Å². The summed E-state index contributed by atoms with van der Waals surface area (Å²) in [5.74, 6) is -3.37. The molecular formula is C17H16F2N2O5S. The molecule has 0 aliphatic rings. The van der Waals surface area contributed by atoms with Gasteiger partial charge in [-0.2, -0.15) is 4.72 Å². The summed E-state index contributed by atoms with van der Waals surface area (Å²) in [4.78, 5) is 23.2. The smallest absolute Gasteiger partial charge is 0.328 e. The monoisotopic (exact) mass is 398 g/mol. The van der Waals surface area contributed by atoms with Crippen LogP contribution in [0.3, 0.4) is 0 Å². The largest absolute Gasteiger partial charge is 0.468 e. The van der Waals surface area contributed by atoms with Crippen molar-refractivity contribution in [2.45, 2.75) is 10.9 Å². The summed E-state index contributed by atoms with van der Waals surface area (Å²) in [5, 5.41) is 2.38. The first-order valence-electron chi connectivity index (χ1n) is 7.57. The molecule has 0 aliphatic carbocycles. The van der Waals surface area contributed by atoms with Gasteiger partial charge in [-0.25, -0.2) is 22.0 Å². The Hall–Kier alpha value is -2.85. The minimum Gasteiger partial charge on any atom is -0.468 e. The number of esters is 1. The molecule has 1 amide bonds. The van der Waals surface area contributed by atoms with E-state index in [9.17, 15) is 26.8 Å². The second kappa shape index (κ2) is 8.23. The van der Waals surface area contributed by atoms with Crippen LogP contribution in [-0.2, 0) is 19.6 Å². The van der Waals surface area contributed by atoms with Crippen molar-refractivity contribution >= 4 is 21.9 Å². The van der Waals surface area contributed by atoms with Gasteiger partial charge in [-0.15, -0.1) is 0 Å². The van der Waals surface area contributed by atoms with Crippen LogP contribution in [0.15, 0.2) is 47.4 Å². The molecule has 144 valence electrons. The van der Waals surface area contributed by atoms with Crippen molar-refractivity contribution in [3.8, 4) is 0 Å². The Morgan fingerprint density at radius 1 is 1.07 bits per heavy atom. The average molecular weight is 398 g/mol. The van der Waals surface area contributed by atoms with Crippen LogP contribution in [0.4, 0.5) is 8.78 Å². The van der Waals surface area contributed by atoms with Crippen molar-refractivity contribution in [1.29, 1.82) is 0 Å². The number of rotatable bonds is 6. The molecule has 10 heteroatoms. The zero-order valence-electron chi connectivity index (χ0n) is 14.3. The Labute approximate surface area is 154 Å². The first-order chi connectivity index (χ1) is 12.7. The molecule has 2 N–H and O–H groups in total. The Morgan fingerprint density at radius 3 is 2.26 bits per heavy atom. The molecule has 1 unspecified atom stereocenters. The number of benzene rings is 2. The third kappa shape index (κ3) is 4.66. The SMILES string of the molecule is CNC(=O)c1ccc(S(=O)(=O)NC(C(=O)OC)c2cc(F)ccc2F)cc1. The van der Waals surface area contributed by atoms with E-state index in [1.165, 1.54) is 19.2 Å². The number of halogens is 2. The lowest BCUT2D eigenvalue weighted by atomic mass is 10.1. The van der Waals surface area contributed by atoms with Crippen LogP contribution in [0.5, 0.6) is 0 Å². The van der Waals surface area contributed by atoms with E-state index in [2.05, 4.69) is 10.1 Å². The molecule has 2 rings (SSSR count). The molecule has 2 aromatic rings. The van der Waals surface area contributed by atoms with Crippen LogP contribution in [0.1, 0.15) is 22.0 Å². The third-order valence-electron chi connectivity index (χ3n) is 3.63. The summed E-state index contributed by atoms with van der Waals surface area (Å²) in [7, 11) is -1.91. The lowest BCUT2D eigenvalue weighted by Crippen LogP contribution is -2.35. The fraction of sp³-hybridized carbons (Fsp3) is 0.176. The molecule has 0 spiro atoms. The van der Waals surface area contributed by atoms with Crippen LogP contribution in [-0.4, -0.2) is 34.5 Å². The van der Waals surface area contributed by atoms with Crippen LogP contribution in [0.2, 0.25) is 0 Å². The molecule has 0 bridgehead atoms. The number of amides is 1. The number of sulfonamides is 1. The number of nitrogens with one attached hydrogen (secondary N) is 2. The number of methoxy groups -OCH3 is 1. The van der Waals surface area contributed by atoms with E-state index in [0.717, 1.165) is 31.4 Å².